The fourth-order valence-electron chi connectivity index (χ4n) is 2.93. The Balaban J connectivity index is 1.81. The minimum atomic E-state index is -4.71. The van der Waals surface area contributed by atoms with Crippen molar-refractivity contribution in [1.29, 1.82) is 5.26 Å². The summed E-state index contributed by atoms with van der Waals surface area (Å²) in [6, 6.07) is 8.83. The molecule has 1 aliphatic rings. The van der Waals surface area contributed by atoms with Gasteiger partial charge in [0, 0.05) is 19.0 Å². The van der Waals surface area contributed by atoms with Crippen LogP contribution in [0, 0.1) is 17.1 Å². The first-order valence-corrected chi connectivity index (χ1v) is 7.69. The van der Waals surface area contributed by atoms with Gasteiger partial charge in [0.2, 0.25) is 0 Å². The third-order valence-electron chi connectivity index (χ3n) is 4.19. The quantitative estimate of drug-likeness (QED) is 0.570. The molecule has 0 saturated heterocycles. The van der Waals surface area contributed by atoms with Crippen molar-refractivity contribution in [2.75, 3.05) is 0 Å². The number of hydrogen-bond acceptors (Lipinski definition) is 3. The summed E-state index contributed by atoms with van der Waals surface area (Å²) in [5, 5.41) is 8.76. The van der Waals surface area contributed by atoms with Crippen molar-refractivity contribution in [2.24, 2.45) is 0 Å². The Morgan fingerprint density at radius 1 is 1.28 bits per heavy atom. The summed E-state index contributed by atoms with van der Waals surface area (Å²) in [6.45, 7) is 0. The van der Waals surface area contributed by atoms with Gasteiger partial charge in [-0.1, -0.05) is 23.7 Å². The fourth-order valence-corrected chi connectivity index (χ4v) is 3.19. The van der Waals surface area contributed by atoms with Gasteiger partial charge < -0.3 is 4.74 Å². The lowest BCUT2D eigenvalue weighted by Crippen LogP contribution is -2.46. The zero-order valence-corrected chi connectivity index (χ0v) is 13.4. The molecule has 1 heterocycles. The topological polar surface area (TPSA) is 45.9 Å². The van der Waals surface area contributed by atoms with E-state index < -0.39 is 40.0 Å². The summed E-state index contributed by atoms with van der Waals surface area (Å²) in [5.41, 5.74) is -1.63. The molecular formula is C17H11ClF4N2O. The number of nitrogens with zero attached hydrogens (tertiary/aromatic N) is 2. The molecule has 130 valence electrons. The Hall–Kier alpha value is -2.33. The lowest BCUT2D eigenvalue weighted by atomic mass is 9.63. The maximum Gasteiger partial charge on any atom is 0.422 e. The van der Waals surface area contributed by atoms with E-state index in [9.17, 15) is 22.8 Å². The van der Waals surface area contributed by atoms with Crippen molar-refractivity contribution >= 4 is 11.6 Å². The number of aromatic nitrogens is 1. The predicted molar refractivity (Wildman–Crippen MR) is 81.6 cm³/mol. The minimum Gasteiger partial charge on any atom is -0.489 e. The maximum atomic E-state index is 13.4. The Morgan fingerprint density at radius 2 is 2.00 bits per heavy atom. The zero-order valence-electron chi connectivity index (χ0n) is 12.6. The third-order valence-corrected chi connectivity index (χ3v) is 4.47. The molecule has 0 amide bonds. The van der Waals surface area contributed by atoms with Gasteiger partial charge in [-0.3, -0.25) is 0 Å². The van der Waals surface area contributed by atoms with E-state index in [0.717, 1.165) is 12.3 Å². The van der Waals surface area contributed by atoms with E-state index in [1.807, 2.05) is 0 Å². The van der Waals surface area contributed by atoms with Gasteiger partial charge in [-0.15, -0.1) is 0 Å². The molecule has 25 heavy (non-hydrogen) atoms. The molecule has 8 heteroatoms. The molecule has 3 rings (SSSR count). The molecule has 0 aliphatic heterocycles. The maximum absolute atomic E-state index is 13.4. The second-order valence-corrected chi connectivity index (χ2v) is 6.18. The zero-order chi connectivity index (χ0) is 18.2. The molecule has 2 aromatic rings. The highest BCUT2D eigenvalue weighted by Crippen LogP contribution is 2.47. The monoisotopic (exact) mass is 370 g/mol. The number of nitriles is 1. The molecule has 1 aliphatic carbocycles. The summed E-state index contributed by atoms with van der Waals surface area (Å²) >= 11 is 5.55. The van der Waals surface area contributed by atoms with Gasteiger partial charge in [0.25, 0.3) is 0 Å². The molecule has 0 radical (unpaired) electrons. The molecule has 1 saturated carbocycles. The molecule has 0 atom stereocenters. The van der Waals surface area contributed by atoms with Crippen molar-refractivity contribution in [3.8, 4) is 11.8 Å². The molecule has 0 unspecified atom stereocenters. The van der Waals surface area contributed by atoms with E-state index in [1.165, 1.54) is 18.2 Å². The summed E-state index contributed by atoms with van der Waals surface area (Å²) in [4.78, 5) is 3.43. The average Bonchev–Trinajstić information content (AvgIpc) is 2.49. The van der Waals surface area contributed by atoms with Crippen LogP contribution in [0.3, 0.4) is 0 Å². The van der Waals surface area contributed by atoms with Crippen LogP contribution in [0.2, 0.25) is 5.15 Å². The second kappa shape index (κ2) is 6.19. The van der Waals surface area contributed by atoms with Crippen LogP contribution in [0.25, 0.3) is 0 Å². The van der Waals surface area contributed by atoms with Crippen LogP contribution in [-0.2, 0) is 11.6 Å². The normalized spacial score (nSPS) is 22.8. The molecule has 1 aromatic carbocycles. The van der Waals surface area contributed by atoms with E-state index in [4.69, 9.17) is 16.3 Å². The van der Waals surface area contributed by atoms with Gasteiger partial charge in [0.15, 0.2) is 0 Å². The van der Waals surface area contributed by atoms with Crippen molar-refractivity contribution in [3.05, 3.63) is 58.6 Å². The smallest absolute Gasteiger partial charge is 0.422 e. The van der Waals surface area contributed by atoms with Crippen LogP contribution < -0.4 is 4.74 Å². The van der Waals surface area contributed by atoms with Crippen LogP contribution in [-0.4, -0.2) is 11.1 Å². The lowest BCUT2D eigenvalue weighted by Gasteiger charge is -2.42. The highest BCUT2D eigenvalue weighted by atomic mass is 35.5. The summed E-state index contributed by atoms with van der Waals surface area (Å²) in [6.07, 6.45) is -3.88. The molecule has 0 spiro atoms. The molecule has 0 bridgehead atoms. The molecule has 3 nitrogen and oxygen atoms in total. The fraction of sp³-hybridized carbons (Fsp3) is 0.294. The van der Waals surface area contributed by atoms with Crippen LogP contribution in [0.15, 0.2) is 36.5 Å². The first-order valence-electron chi connectivity index (χ1n) is 7.31. The summed E-state index contributed by atoms with van der Waals surface area (Å²) in [7, 11) is 0. The Kier molecular flexibility index (Phi) is 4.33. The number of ether oxygens (including phenoxy) is 1. The number of hydrogen-bond donors (Lipinski definition) is 0. The van der Waals surface area contributed by atoms with Crippen molar-refractivity contribution in [3.63, 3.8) is 0 Å². The van der Waals surface area contributed by atoms with Crippen LogP contribution in [0.5, 0.6) is 5.75 Å². The van der Waals surface area contributed by atoms with Crippen LogP contribution in [0.1, 0.15) is 24.0 Å². The highest BCUT2D eigenvalue weighted by molar-refractivity contribution is 6.30. The van der Waals surface area contributed by atoms with Crippen molar-refractivity contribution < 1.29 is 22.3 Å². The number of alkyl halides is 3. The van der Waals surface area contributed by atoms with Crippen molar-refractivity contribution in [1.82, 2.24) is 4.98 Å². The van der Waals surface area contributed by atoms with E-state index in [0.29, 0.717) is 5.56 Å². The van der Waals surface area contributed by atoms with E-state index in [-0.39, 0.29) is 12.8 Å². The SMILES string of the molecule is N#C[C@]1(c2cccc(F)c2)C[C@@H](Oc2ccnc(Cl)c2C(F)(F)F)C1. The minimum absolute atomic E-state index is 0.157. The number of halogens is 5. The number of benzene rings is 1. The standard InChI is InChI=1S/C17H11ClF4N2O/c18-15-14(17(20,21)22)13(4-5-24-15)25-12-7-16(8-12,9-23)10-2-1-3-11(19)6-10/h1-6,12H,7-8H2/t12-,16+. The molecular weight excluding hydrogens is 360 g/mol. The van der Waals surface area contributed by atoms with Gasteiger partial charge in [-0.2, -0.15) is 18.4 Å². The summed E-state index contributed by atoms with van der Waals surface area (Å²) in [5.74, 6) is -0.903. The highest BCUT2D eigenvalue weighted by Gasteiger charge is 2.49. The second-order valence-electron chi connectivity index (χ2n) is 5.83. The lowest BCUT2D eigenvalue weighted by molar-refractivity contribution is -0.139. The average molecular weight is 371 g/mol. The Morgan fingerprint density at radius 3 is 2.60 bits per heavy atom. The Bertz CT molecular complexity index is 841. The van der Waals surface area contributed by atoms with E-state index >= 15 is 0 Å². The van der Waals surface area contributed by atoms with Crippen LogP contribution >= 0.6 is 11.6 Å². The van der Waals surface area contributed by atoms with Gasteiger partial charge in [-0.05, 0) is 23.8 Å². The Labute approximate surface area is 145 Å². The summed E-state index contributed by atoms with van der Waals surface area (Å²) < 4.78 is 58.1. The largest absolute Gasteiger partial charge is 0.489 e. The number of pyridine rings is 1. The van der Waals surface area contributed by atoms with E-state index in [1.54, 1.807) is 6.07 Å². The van der Waals surface area contributed by atoms with Gasteiger partial charge >= 0.3 is 6.18 Å². The molecule has 0 N–H and O–H groups in total. The number of rotatable bonds is 3. The van der Waals surface area contributed by atoms with Gasteiger partial charge in [-0.25, -0.2) is 9.37 Å². The van der Waals surface area contributed by atoms with Crippen molar-refractivity contribution in [2.45, 2.75) is 30.5 Å². The van der Waals surface area contributed by atoms with Gasteiger partial charge in [0.1, 0.15) is 28.4 Å². The first-order chi connectivity index (χ1) is 11.7. The molecule has 1 fully saturated rings. The first kappa shape index (κ1) is 17.5. The van der Waals surface area contributed by atoms with Crippen LogP contribution in [0.4, 0.5) is 17.6 Å². The van der Waals surface area contributed by atoms with E-state index in [2.05, 4.69) is 11.1 Å². The molecule has 1 aromatic heterocycles. The third kappa shape index (κ3) is 3.27. The predicted octanol–water partition coefficient (Wildman–Crippen LogP) is 4.90. The van der Waals surface area contributed by atoms with Gasteiger partial charge in [0.05, 0.1) is 11.5 Å².